The molecular weight excluding hydrogens is 243 g/mol. The summed E-state index contributed by atoms with van der Waals surface area (Å²) < 4.78 is 0. The summed E-state index contributed by atoms with van der Waals surface area (Å²) in [6.07, 6.45) is 0. The lowest BCUT2D eigenvalue weighted by molar-refractivity contribution is 1.04. The van der Waals surface area contributed by atoms with Crippen molar-refractivity contribution in [3.8, 4) is 11.3 Å². The van der Waals surface area contributed by atoms with E-state index in [2.05, 4.69) is 9.97 Å². The molecule has 0 fully saturated rings. The minimum Gasteiger partial charge on any atom is -0.233 e. The first-order chi connectivity index (χ1) is 7.58. The molecular formula is C12H10Cl2N2. The molecule has 0 bridgehead atoms. The fourth-order valence-electron chi connectivity index (χ4n) is 1.51. The van der Waals surface area contributed by atoms with Crippen molar-refractivity contribution < 1.29 is 0 Å². The van der Waals surface area contributed by atoms with E-state index in [9.17, 15) is 0 Å². The predicted octanol–water partition coefficient (Wildman–Crippen LogP) is 4.07. The maximum atomic E-state index is 6.02. The van der Waals surface area contributed by atoms with Gasteiger partial charge in [0, 0.05) is 16.1 Å². The number of nitrogens with zero attached hydrogens (tertiary/aromatic N) is 2. The molecule has 0 aliphatic heterocycles. The van der Waals surface area contributed by atoms with Crippen LogP contribution < -0.4 is 0 Å². The summed E-state index contributed by atoms with van der Waals surface area (Å²) in [6, 6.07) is 7.54. The van der Waals surface area contributed by atoms with Crippen molar-refractivity contribution in [2.75, 3.05) is 0 Å². The Kier molecular flexibility index (Phi) is 3.13. The molecule has 16 heavy (non-hydrogen) atoms. The lowest BCUT2D eigenvalue weighted by Gasteiger charge is -2.07. The molecule has 1 aromatic heterocycles. The van der Waals surface area contributed by atoms with Crippen LogP contribution in [0.3, 0.4) is 0 Å². The van der Waals surface area contributed by atoms with Crippen LogP contribution >= 0.6 is 23.2 Å². The van der Waals surface area contributed by atoms with Gasteiger partial charge in [-0.25, -0.2) is 9.97 Å². The van der Waals surface area contributed by atoms with Gasteiger partial charge in [-0.05, 0) is 26.0 Å². The first-order valence-corrected chi connectivity index (χ1v) is 5.60. The van der Waals surface area contributed by atoms with E-state index in [4.69, 9.17) is 23.2 Å². The van der Waals surface area contributed by atoms with Gasteiger partial charge in [0.1, 0.15) is 11.0 Å². The Morgan fingerprint density at radius 1 is 1.06 bits per heavy atom. The van der Waals surface area contributed by atoms with Crippen LogP contribution in [0.2, 0.25) is 10.2 Å². The zero-order valence-electron chi connectivity index (χ0n) is 8.96. The fourth-order valence-corrected chi connectivity index (χ4v) is 1.91. The van der Waals surface area contributed by atoms with Gasteiger partial charge in [0.15, 0.2) is 0 Å². The second-order valence-electron chi connectivity index (χ2n) is 3.55. The standard InChI is InChI=1S/C12H10Cl2N2/c1-7-11(15-8(2)16-12(7)14)9-4-3-5-10(13)6-9/h3-6H,1-2H3. The quantitative estimate of drug-likeness (QED) is 0.716. The molecule has 82 valence electrons. The van der Waals surface area contributed by atoms with E-state index in [1.165, 1.54) is 0 Å². The van der Waals surface area contributed by atoms with Crippen molar-refractivity contribution >= 4 is 23.2 Å². The highest BCUT2D eigenvalue weighted by Gasteiger charge is 2.09. The topological polar surface area (TPSA) is 25.8 Å². The molecule has 0 unspecified atom stereocenters. The van der Waals surface area contributed by atoms with Crippen molar-refractivity contribution in [2.45, 2.75) is 13.8 Å². The zero-order chi connectivity index (χ0) is 11.7. The fraction of sp³-hybridized carbons (Fsp3) is 0.167. The maximum absolute atomic E-state index is 6.02. The molecule has 2 nitrogen and oxygen atoms in total. The van der Waals surface area contributed by atoms with E-state index in [-0.39, 0.29) is 0 Å². The third-order valence-electron chi connectivity index (χ3n) is 2.30. The SMILES string of the molecule is Cc1nc(Cl)c(C)c(-c2cccc(Cl)c2)n1. The molecule has 1 aromatic carbocycles. The van der Waals surface area contributed by atoms with Crippen molar-refractivity contribution in [1.29, 1.82) is 0 Å². The van der Waals surface area contributed by atoms with Gasteiger partial charge in [0.25, 0.3) is 0 Å². The summed E-state index contributed by atoms with van der Waals surface area (Å²) >= 11 is 12.0. The van der Waals surface area contributed by atoms with Crippen molar-refractivity contribution in [2.24, 2.45) is 0 Å². The summed E-state index contributed by atoms with van der Waals surface area (Å²) in [5, 5.41) is 1.17. The number of rotatable bonds is 1. The number of benzene rings is 1. The van der Waals surface area contributed by atoms with Gasteiger partial charge in [-0.3, -0.25) is 0 Å². The number of hydrogen-bond acceptors (Lipinski definition) is 2. The van der Waals surface area contributed by atoms with Gasteiger partial charge in [0.2, 0.25) is 0 Å². The van der Waals surface area contributed by atoms with Crippen LogP contribution in [-0.4, -0.2) is 9.97 Å². The van der Waals surface area contributed by atoms with Crippen LogP contribution in [0.4, 0.5) is 0 Å². The normalized spacial score (nSPS) is 10.5. The molecule has 0 aliphatic carbocycles. The van der Waals surface area contributed by atoms with E-state index in [0.29, 0.717) is 16.0 Å². The van der Waals surface area contributed by atoms with Crippen LogP contribution in [0.15, 0.2) is 24.3 Å². The van der Waals surface area contributed by atoms with Crippen molar-refractivity contribution in [3.63, 3.8) is 0 Å². The van der Waals surface area contributed by atoms with Crippen molar-refractivity contribution in [3.05, 3.63) is 45.8 Å². The first-order valence-electron chi connectivity index (χ1n) is 4.84. The summed E-state index contributed by atoms with van der Waals surface area (Å²) in [4.78, 5) is 8.49. The molecule has 0 N–H and O–H groups in total. The molecule has 2 rings (SSSR count). The van der Waals surface area contributed by atoms with Gasteiger partial charge in [-0.15, -0.1) is 0 Å². The van der Waals surface area contributed by atoms with Crippen LogP contribution in [0, 0.1) is 13.8 Å². The lowest BCUT2D eigenvalue weighted by Crippen LogP contribution is -1.96. The molecule has 2 aromatic rings. The Bertz CT molecular complexity index is 539. The van der Waals surface area contributed by atoms with E-state index in [1.54, 1.807) is 0 Å². The number of aromatic nitrogens is 2. The van der Waals surface area contributed by atoms with Gasteiger partial charge in [-0.1, -0.05) is 35.3 Å². The maximum Gasteiger partial charge on any atom is 0.136 e. The van der Waals surface area contributed by atoms with Crippen molar-refractivity contribution in [1.82, 2.24) is 9.97 Å². The summed E-state index contributed by atoms with van der Waals surface area (Å²) in [5.41, 5.74) is 2.66. The molecule has 0 aliphatic rings. The van der Waals surface area contributed by atoms with E-state index in [0.717, 1.165) is 16.8 Å². The molecule has 1 heterocycles. The second kappa shape index (κ2) is 4.40. The highest BCUT2D eigenvalue weighted by molar-refractivity contribution is 6.31. The van der Waals surface area contributed by atoms with Crippen LogP contribution in [0.1, 0.15) is 11.4 Å². The molecule has 0 amide bonds. The monoisotopic (exact) mass is 252 g/mol. The summed E-state index contributed by atoms with van der Waals surface area (Å²) in [6.45, 7) is 3.72. The second-order valence-corrected chi connectivity index (χ2v) is 4.34. The van der Waals surface area contributed by atoms with E-state index < -0.39 is 0 Å². The van der Waals surface area contributed by atoms with Gasteiger partial charge in [0.05, 0.1) is 5.69 Å². The van der Waals surface area contributed by atoms with E-state index >= 15 is 0 Å². The Hall–Kier alpha value is -1.12. The van der Waals surface area contributed by atoms with E-state index in [1.807, 2.05) is 38.1 Å². The number of hydrogen-bond donors (Lipinski definition) is 0. The Balaban J connectivity index is 2.64. The number of halogens is 2. The van der Waals surface area contributed by atoms with Crippen LogP contribution in [-0.2, 0) is 0 Å². The average molecular weight is 253 g/mol. The summed E-state index contributed by atoms with van der Waals surface area (Å²) in [5.74, 6) is 0.658. The first kappa shape index (κ1) is 11.4. The minimum absolute atomic E-state index is 0.488. The largest absolute Gasteiger partial charge is 0.233 e. The Labute approximate surface area is 104 Å². The molecule has 0 spiro atoms. The molecule has 0 saturated heterocycles. The van der Waals surface area contributed by atoms with Gasteiger partial charge < -0.3 is 0 Å². The lowest BCUT2D eigenvalue weighted by atomic mass is 10.1. The van der Waals surface area contributed by atoms with Gasteiger partial charge in [-0.2, -0.15) is 0 Å². The third-order valence-corrected chi connectivity index (χ3v) is 2.90. The highest BCUT2D eigenvalue weighted by Crippen LogP contribution is 2.27. The third kappa shape index (κ3) is 2.18. The highest BCUT2D eigenvalue weighted by atomic mass is 35.5. The zero-order valence-corrected chi connectivity index (χ0v) is 10.5. The Morgan fingerprint density at radius 2 is 1.81 bits per heavy atom. The molecule has 0 atom stereocenters. The van der Waals surface area contributed by atoms with Crippen LogP contribution in [0.25, 0.3) is 11.3 Å². The molecule has 4 heteroatoms. The Morgan fingerprint density at radius 3 is 2.50 bits per heavy atom. The number of aryl methyl sites for hydroxylation is 1. The summed E-state index contributed by atoms with van der Waals surface area (Å²) in [7, 11) is 0. The molecule has 0 saturated carbocycles. The predicted molar refractivity (Wildman–Crippen MR) is 67.0 cm³/mol. The van der Waals surface area contributed by atoms with Crippen LogP contribution in [0.5, 0.6) is 0 Å². The average Bonchev–Trinajstić information content (AvgIpc) is 2.23. The molecule has 0 radical (unpaired) electrons. The minimum atomic E-state index is 0.488. The van der Waals surface area contributed by atoms with Gasteiger partial charge >= 0.3 is 0 Å². The smallest absolute Gasteiger partial charge is 0.136 e.